The van der Waals surface area contributed by atoms with E-state index in [1.165, 1.54) is 10.7 Å². The molecule has 1 aromatic heterocycles. The molecule has 0 atom stereocenters. The van der Waals surface area contributed by atoms with E-state index in [1.54, 1.807) is 42.4 Å². The molecule has 7 heteroatoms. The molecule has 1 aromatic carbocycles. The summed E-state index contributed by atoms with van der Waals surface area (Å²) in [5.74, 6) is -0.562. The Morgan fingerprint density at radius 3 is 2.76 bits per heavy atom. The summed E-state index contributed by atoms with van der Waals surface area (Å²) in [4.78, 5) is 13.7. The van der Waals surface area contributed by atoms with E-state index >= 15 is 0 Å². The Labute approximate surface area is 129 Å². The van der Waals surface area contributed by atoms with E-state index in [1.807, 2.05) is 7.05 Å². The van der Waals surface area contributed by atoms with Crippen molar-refractivity contribution in [2.24, 2.45) is 0 Å². The highest BCUT2D eigenvalue weighted by molar-refractivity contribution is 5.92. The van der Waals surface area contributed by atoms with Gasteiger partial charge in [-0.15, -0.1) is 12.4 Å². The highest BCUT2D eigenvalue weighted by Gasteiger charge is 2.15. The summed E-state index contributed by atoms with van der Waals surface area (Å²) >= 11 is 0. The maximum absolute atomic E-state index is 13.6. The maximum Gasteiger partial charge on any atom is 0.274 e. The van der Waals surface area contributed by atoms with Gasteiger partial charge in [-0.2, -0.15) is 5.10 Å². The predicted molar refractivity (Wildman–Crippen MR) is 81.7 cm³/mol. The second-order valence-corrected chi connectivity index (χ2v) is 4.43. The number of nitrogens with zero attached hydrogens (tertiary/aromatic N) is 3. The van der Waals surface area contributed by atoms with Gasteiger partial charge >= 0.3 is 0 Å². The lowest BCUT2D eigenvalue weighted by molar-refractivity contribution is 0.0790. The van der Waals surface area contributed by atoms with Crippen LogP contribution in [0.5, 0.6) is 0 Å². The van der Waals surface area contributed by atoms with Crippen LogP contribution >= 0.6 is 12.4 Å². The molecule has 2 rings (SSSR count). The van der Waals surface area contributed by atoms with Gasteiger partial charge in [0.05, 0.1) is 0 Å². The van der Waals surface area contributed by atoms with Crippen molar-refractivity contribution in [2.45, 2.75) is 0 Å². The Kier molecular flexibility index (Phi) is 6.33. The normalized spacial score (nSPS) is 10.0. The summed E-state index contributed by atoms with van der Waals surface area (Å²) in [6.45, 7) is 1.29. The molecule has 1 N–H and O–H groups in total. The molecule has 0 spiro atoms. The van der Waals surface area contributed by atoms with Gasteiger partial charge in [-0.25, -0.2) is 9.07 Å². The maximum atomic E-state index is 13.6. The monoisotopic (exact) mass is 312 g/mol. The highest BCUT2D eigenvalue weighted by atomic mass is 35.5. The smallest absolute Gasteiger partial charge is 0.274 e. The van der Waals surface area contributed by atoms with Crippen molar-refractivity contribution in [1.82, 2.24) is 20.0 Å². The zero-order chi connectivity index (χ0) is 14.5. The molecule has 1 amide bonds. The van der Waals surface area contributed by atoms with Gasteiger partial charge in [0.2, 0.25) is 0 Å². The lowest BCUT2D eigenvalue weighted by Gasteiger charge is -2.15. The Hall–Kier alpha value is -1.92. The minimum Gasteiger partial charge on any atom is -0.339 e. The quantitative estimate of drug-likeness (QED) is 0.914. The molecule has 0 saturated carbocycles. The minimum atomic E-state index is -0.377. The second-order valence-electron chi connectivity index (χ2n) is 4.43. The van der Waals surface area contributed by atoms with Crippen molar-refractivity contribution in [3.05, 3.63) is 48.0 Å². The predicted octanol–water partition coefficient (Wildman–Crippen LogP) is 1.72. The fourth-order valence-electron chi connectivity index (χ4n) is 1.79. The first-order valence-corrected chi connectivity index (χ1v) is 6.34. The van der Waals surface area contributed by atoms with Crippen LogP contribution in [-0.4, -0.2) is 47.8 Å². The SMILES string of the molecule is CNCCN(C)C(=O)c1ccn(-c2ccccc2F)n1.Cl. The molecule has 2 aromatic rings. The number of hydrogen-bond acceptors (Lipinski definition) is 3. The molecule has 0 unspecified atom stereocenters. The number of benzene rings is 1. The van der Waals surface area contributed by atoms with Gasteiger partial charge in [0.1, 0.15) is 11.5 Å². The second kappa shape index (κ2) is 7.75. The van der Waals surface area contributed by atoms with Crippen LogP contribution in [-0.2, 0) is 0 Å². The summed E-state index contributed by atoms with van der Waals surface area (Å²) in [5, 5.41) is 7.11. The summed E-state index contributed by atoms with van der Waals surface area (Å²) in [6, 6.07) is 7.89. The molecular weight excluding hydrogens is 295 g/mol. The number of hydrogen-bond donors (Lipinski definition) is 1. The lowest BCUT2D eigenvalue weighted by atomic mass is 10.3. The molecule has 0 bridgehead atoms. The Morgan fingerprint density at radius 1 is 1.38 bits per heavy atom. The van der Waals surface area contributed by atoms with Crippen LogP contribution in [0.2, 0.25) is 0 Å². The fourth-order valence-corrected chi connectivity index (χ4v) is 1.79. The molecule has 1 heterocycles. The van der Waals surface area contributed by atoms with Crippen molar-refractivity contribution in [2.75, 3.05) is 27.2 Å². The number of likely N-dealkylation sites (N-methyl/N-ethyl adjacent to an activating group) is 2. The van der Waals surface area contributed by atoms with Gasteiger partial charge in [0.15, 0.2) is 5.69 Å². The third-order valence-corrected chi connectivity index (χ3v) is 2.95. The van der Waals surface area contributed by atoms with Crippen LogP contribution in [0.25, 0.3) is 5.69 Å². The van der Waals surface area contributed by atoms with Gasteiger partial charge in [0, 0.05) is 26.3 Å². The number of para-hydroxylation sites is 1. The Bertz CT molecular complexity index is 602. The van der Waals surface area contributed by atoms with Crippen LogP contribution in [0.3, 0.4) is 0 Å². The number of aromatic nitrogens is 2. The number of rotatable bonds is 5. The summed E-state index contributed by atoms with van der Waals surface area (Å²) in [5.41, 5.74) is 0.622. The van der Waals surface area contributed by atoms with Crippen LogP contribution < -0.4 is 5.32 Å². The van der Waals surface area contributed by atoms with Crippen LogP contribution in [0, 0.1) is 5.82 Å². The third kappa shape index (κ3) is 4.03. The van der Waals surface area contributed by atoms with Crippen molar-refractivity contribution in [3.63, 3.8) is 0 Å². The zero-order valence-electron chi connectivity index (χ0n) is 11.9. The molecule has 0 fully saturated rings. The Morgan fingerprint density at radius 2 is 2.10 bits per heavy atom. The molecule has 0 radical (unpaired) electrons. The van der Waals surface area contributed by atoms with Crippen LogP contribution in [0.1, 0.15) is 10.5 Å². The molecule has 0 saturated heterocycles. The molecule has 0 aliphatic carbocycles. The highest BCUT2D eigenvalue weighted by Crippen LogP contribution is 2.12. The lowest BCUT2D eigenvalue weighted by Crippen LogP contribution is -2.33. The zero-order valence-corrected chi connectivity index (χ0v) is 12.7. The summed E-state index contributed by atoms with van der Waals surface area (Å²) in [6.07, 6.45) is 1.58. The standard InChI is InChI=1S/C14H17FN4O.ClH/c1-16-8-10-18(2)14(20)12-7-9-19(17-12)13-6-4-3-5-11(13)15;/h3-7,9,16H,8,10H2,1-2H3;1H. The number of nitrogens with one attached hydrogen (secondary N) is 1. The van der Waals surface area contributed by atoms with E-state index in [0.717, 1.165) is 0 Å². The van der Waals surface area contributed by atoms with Crippen molar-refractivity contribution < 1.29 is 9.18 Å². The van der Waals surface area contributed by atoms with Gasteiger partial charge in [-0.1, -0.05) is 12.1 Å². The van der Waals surface area contributed by atoms with E-state index in [9.17, 15) is 9.18 Å². The van der Waals surface area contributed by atoms with E-state index in [-0.39, 0.29) is 24.1 Å². The molecule has 0 aliphatic heterocycles. The molecule has 21 heavy (non-hydrogen) atoms. The summed E-state index contributed by atoms with van der Waals surface area (Å²) < 4.78 is 15.0. The first-order valence-electron chi connectivity index (χ1n) is 6.34. The average molecular weight is 313 g/mol. The van der Waals surface area contributed by atoms with Gasteiger partial charge in [0.25, 0.3) is 5.91 Å². The first-order chi connectivity index (χ1) is 9.63. The largest absolute Gasteiger partial charge is 0.339 e. The van der Waals surface area contributed by atoms with Crippen molar-refractivity contribution in [1.29, 1.82) is 0 Å². The van der Waals surface area contributed by atoms with Crippen molar-refractivity contribution in [3.8, 4) is 5.69 Å². The van der Waals surface area contributed by atoms with E-state index in [2.05, 4.69) is 10.4 Å². The first kappa shape index (κ1) is 17.1. The van der Waals surface area contributed by atoms with Crippen LogP contribution in [0.15, 0.2) is 36.5 Å². The van der Waals surface area contributed by atoms with E-state index in [0.29, 0.717) is 24.5 Å². The number of halogens is 2. The van der Waals surface area contributed by atoms with E-state index < -0.39 is 0 Å². The van der Waals surface area contributed by atoms with Crippen molar-refractivity contribution >= 4 is 18.3 Å². The topological polar surface area (TPSA) is 50.2 Å². The summed E-state index contributed by atoms with van der Waals surface area (Å²) in [7, 11) is 3.53. The fraction of sp³-hybridized carbons (Fsp3) is 0.286. The van der Waals surface area contributed by atoms with Crippen LogP contribution in [0.4, 0.5) is 4.39 Å². The number of carbonyl (C=O) groups excluding carboxylic acids is 1. The molecule has 114 valence electrons. The van der Waals surface area contributed by atoms with E-state index in [4.69, 9.17) is 0 Å². The Balaban J connectivity index is 0.00000220. The molecular formula is C14H18ClFN4O. The molecule has 5 nitrogen and oxygen atoms in total. The third-order valence-electron chi connectivity index (χ3n) is 2.95. The van der Waals surface area contributed by atoms with Gasteiger partial charge in [-0.3, -0.25) is 4.79 Å². The number of carbonyl (C=O) groups is 1. The minimum absolute atomic E-state index is 0. The van der Waals surface area contributed by atoms with Gasteiger partial charge < -0.3 is 10.2 Å². The number of amides is 1. The van der Waals surface area contributed by atoms with Gasteiger partial charge in [-0.05, 0) is 25.2 Å². The average Bonchev–Trinajstić information content (AvgIpc) is 2.94. The molecule has 0 aliphatic rings.